The molecule has 0 spiro atoms. The number of aliphatic hydroxyl groups is 4. The number of aliphatic hydroxyl groups excluding tert-OH is 4. The minimum Gasteiger partial charge on any atom is -0.396 e. The van der Waals surface area contributed by atoms with E-state index in [0.717, 1.165) is 32.3 Å². The minimum atomic E-state index is -1.31. The maximum absolute atomic E-state index is 10.1. The molecule has 0 amide bonds. The van der Waals surface area contributed by atoms with E-state index >= 15 is 0 Å². The lowest BCUT2D eigenvalue weighted by Gasteiger charge is -2.28. The Hall–Kier alpha value is -0.240. The van der Waals surface area contributed by atoms with E-state index in [-0.39, 0.29) is 13.2 Å². The molecule has 0 aromatic heterocycles. The van der Waals surface area contributed by atoms with Crippen LogP contribution in [0.2, 0.25) is 0 Å². The fourth-order valence-corrected chi connectivity index (χ4v) is 3.46. The Balaban J connectivity index is 3.62. The van der Waals surface area contributed by atoms with Crippen LogP contribution in [-0.4, -0.2) is 64.6 Å². The Morgan fingerprint density at radius 2 is 1.36 bits per heavy atom. The highest BCUT2D eigenvalue weighted by Crippen LogP contribution is 2.19. The first-order valence-corrected chi connectivity index (χ1v) is 11.4. The molecular weight excluding hydrogens is 358 g/mol. The molecule has 0 saturated carbocycles. The normalized spacial score (nSPS) is 17.2. The van der Waals surface area contributed by atoms with Gasteiger partial charge in [0.1, 0.15) is 6.10 Å². The average molecular weight is 406 g/mol. The van der Waals surface area contributed by atoms with Crippen molar-refractivity contribution in [2.75, 3.05) is 19.8 Å². The first kappa shape index (κ1) is 27.8. The summed E-state index contributed by atoms with van der Waals surface area (Å²) < 4.78 is 5.81. The van der Waals surface area contributed by atoms with Crippen LogP contribution in [0.25, 0.3) is 0 Å². The molecule has 5 atom stereocenters. The molecule has 6 N–H and O–H groups in total. The smallest absolute Gasteiger partial charge is 0.107 e. The molecule has 6 heteroatoms. The summed E-state index contributed by atoms with van der Waals surface area (Å²) in [6, 6.07) is 0. The molecule has 1 unspecified atom stereocenters. The Bertz CT molecular complexity index is 332. The number of nitrogens with two attached hydrogens (primary N) is 1. The van der Waals surface area contributed by atoms with Crippen molar-refractivity contribution in [3.63, 3.8) is 0 Å². The van der Waals surface area contributed by atoms with Gasteiger partial charge in [0.25, 0.3) is 0 Å². The quantitative estimate of drug-likeness (QED) is 0.199. The predicted molar refractivity (Wildman–Crippen MR) is 114 cm³/mol. The molecule has 0 aromatic rings. The number of ether oxygens (including phenoxy) is 1. The van der Waals surface area contributed by atoms with Crippen molar-refractivity contribution in [2.45, 2.75) is 115 Å². The number of unbranched alkanes of at least 4 members (excludes halogenated alkanes) is 8. The fraction of sp³-hybridized carbons (Fsp3) is 1.00. The van der Waals surface area contributed by atoms with E-state index in [1.165, 1.54) is 44.9 Å². The van der Waals surface area contributed by atoms with E-state index in [0.29, 0.717) is 12.5 Å². The van der Waals surface area contributed by atoms with Gasteiger partial charge in [0.2, 0.25) is 0 Å². The lowest BCUT2D eigenvalue weighted by molar-refractivity contribution is -0.0870. The molecule has 0 saturated heterocycles. The summed E-state index contributed by atoms with van der Waals surface area (Å²) in [5, 5.41) is 38.8. The van der Waals surface area contributed by atoms with Crippen LogP contribution in [0.5, 0.6) is 0 Å². The van der Waals surface area contributed by atoms with Crippen molar-refractivity contribution in [1.29, 1.82) is 0 Å². The van der Waals surface area contributed by atoms with Gasteiger partial charge in [-0.2, -0.15) is 0 Å². The van der Waals surface area contributed by atoms with Crippen molar-refractivity contribution < 1.29 is 25.2 Å². The highest BCUT2D eigenvalue weighted by molar-refractivity contribution is 4.81. The fourth-order valence-electron chi connectivity index (χ4n) is 3.46. The van der Waals surface area contributed by atoms with Crippen LogP contribution in [0.3, 0.4) is 0 Å². The van der Waals surface area contributed by atoms with Crippen LogP contribution in [0.1, 0.15) is 90.9 Å². The van der Waals surface area contributed by atoms with E-state index < -0.39 is 24.2 Å². The van der Waals surface area contributed by atoms with Crippen molar-refractivity contribution in [3.8, 4) is 0 Å². The second-order valence-electron chi connectivity index (χ2n) is 8.17. The third-order valence-corrected chi connectivity index (χ3v) is 5.54. The van der Waals surface area contributed by atoms with E-state index in [1.807, 2.05) is 0 Å². The molecular formula is C22H47NO5. The Kier molecular flexibility index (Phi) is 18.6. The van der Waals surface area contributed by atoms with Gasteiger partial charge >= 0.3 is 0 Å². The summed E-state index contributed by atoms with van der Waals surface area (Å²) in [6.07, 6.45) is 10.2. The monoisotopic (exact) mass is 405 g/mol. The van der Waals surface area contributed by atoms with E-state index in [1.54, 1.807) is 0 Å². The summed E-state index contributed by atoms with van der Waals surface area (Å²) in [4.78, 5) is 0. The Morgan fingerprint density at radius 3 is 1.89 bits per heavy atom. The first-order chi connectivity index (χ1) is 13.5. The van der Waals surface area contributed by atoms with Crippen LogP contribution < -0.4 is 5.73 Å². The largest absolute Gasteiger partial charge is 0.396 e. The zero-order valence-corrected chi connectivity index (χ0v) is 18.3. The molecule has 0 radical (unpaired) electrons. The summed E-state index contributed by atoms with van der Waals surface area (Å²) in [5.41, 5.74) is 5.30. The molecule has 0 aliphatic carbocycles. The van der Waals surface area contributed by atoms with Gasteiger partial charge < -0.3 is 30.9 Å². The third kappa shape index (κ3) is 13.9. The number of hydrogen-bond acceptors (Lipinski definition) is 6. The molecule has 170 valence electrons. The minimum absolute atomic E-state index is 0.111. The zero-order valence-electron chi connectivity index (χ0n) is 18.3. The van der Waals surface area contributed by atoms with Crippen LogP contribution in [0.4, 0.5) is 0 Å². The second kappa shape index (κ2) is 18.8. The molecule has 0 rings (SSSR count). The standard InChI is InChI=1S/C22H47NO5/c1-3-4-12-15-28-18(2)13-10-8-6-5-7-9-11-14-19(17-24)21(26)22(27)20(25)16-23/h18-22,24-27H,3-17,23H2,1-2H3/t18?,19-,20+,21-,22-/m1/s1. The molecule has 0 aliphatic heterocycles. The Labute approximate surface area is 172 Å². The van der Waals surface area contributed by atoms with Crippen molar-refractivity contribution in [2.24, 2.45) is 11.7 Å². The number of hydrogen-bond donors (Lipinski definition) is 5. The molecule has 0 bridgehead atoms. The highest BCUT2D eigenvalue weighted by atomic mass is 16.5. The van der Waals surface area contributed by atoms with Gasteiger partial charge in [0.15, 0.2) is 0 Å². The highest BCUT2D eigenvalue weighted by Gasteiger charge is 2.29. The van der Waals surface area contributed by atoms with Gasteiger partial charge in [0, 0.05) is 25.7 Å². The first-order valence-electron chi connectivity index (χ1n) is 11.4. The van der Waals surface area contributed by atoms with Crippen LogP contribution in [0, 0.1) is 5.92 Å². The van der Waals surface area contributed by atoms with E-state index in [4.69, 9.17) is 10.5 Å². The van der Waals surface area contributed by atoms with Gasteiger partial charge in [-0.05, 0) is 26.2 Å². The predicted octanol–water partition coefficient (Wildman–Crippen LogP) is 2.74. The summed E-state index contributed by atoms with van der Waals surface area (Å²) >= 11 is 0. The van der Waals surface area contributed by atoms with Crippen molar-refractivity contribution in [1.82, 2.24) is 0 Å². The van der Waals surface area contributed by atoms with Crippen LogP contribution >= 0.6 is 0 Å². The Morgan fingerprint density at radius 1 is 0.786 bits per heavy atom. The summed E-state index contributed by atoms with van der Waals surface area (Å²) in [6.45, 7) is 4.95. The average Bonchev–Trinajstić information content (AvgIpc) is 2.71. The van der Waals surface area contributed by atoms with E-state index in [9.17, 15) is 20.4 Å². The van der Waals surface area contributed by atoms with E-state index in [2.05, 4.69) is 13.8 Å². The summed E-state index contributed by atoms with van der Waals surface area (Å²) in [5.74, 6) is -0.421. The maximum Gasteiger partial charge on any atom is 0.107 e. The number of rotatable bonds is 20. The van der Waals surface area contributed by atoms with Crippen LogP contribution in [-0.2, 0) is 4.74 Å². The molecule has 28 heavy (non-hydrogen) atoms. The SMILES string of the molecule is CCCCCOC(C)CCCCCCCCC[C@H](CO)[C@@H](O)[C@H](O)[C@@H](O)CN. The van der Waals surface area contributed by atoms with Gasteiger partial charge in [-0.15, -0.1) is 0 Å². The topological polar surface area (TPSA) is 116 Å². The molecule has 0 aliphatic rings. The van der Waals surface area contributed by atoms with Gasteiger partial charge in [-0.25, -0.2) is 0 Å². The molecule has 0 heterocycles. The lowest BCUT2D eigenvalue weighted by Crippen LogP contribution is -2.45. The molecule has 0 fully saturated rings. The van der Waals surface area contributed by atoms with Crippen molar-refractivity contribution in [3.05, 3.63) is 0 Å². The lowest BCUT2D eigenvalue weighted by atomic mass is 9.90. The molecule has 6 nitrogen and oxygen atoms in total. The zero-order chi connectivity index (χ0) is 21.2. The second-order valence-corrected chi connectivity index (χ2v) is 8.17. The van der Waals surface area contributed by atoms with Gasteiger partial charge in [-0.1, -0.05) is 64.7 Å². The third-order valence-electron chi connectivity index (χ3n) is 5.54. The van der Waals surface area contributed by atoms with Gasteiger partial charge in [-0.3, -0.25) is 0 Å². The van der Waals surface area contributed by atoms with Gasteiger partial charge in [0.05, 0.1) is 18.3 Å². The maximum atomic E-state index is 10.1. The molecule has 0 aromatic carbocycles. The summed E-state index contributed by atoms with van der Waals surface area (Å²) in [7, 11) is 0. The van der Waals surface area contributed by atoms with Crippen LogP contribution in [0.15, 0.2) is 0 Å². The van der Waals surface area contributed by atoms with Crippen molar-refractivity contribution >= 4 is 0 Å².